The van der Waals surface area contributed by atoms with Crippen LogP contribution in [0.5, 0.6) is 5.75 Å². The lowest BCUT2D eigenvalue weighted by atomic mass is 9.96. The maximum atomic E-state index is 13.1. The third-order valence-electron chi connectivity index (χ3n) is 5.45. The molecule has 3 amide bonds. The van der Waals surface area contributed by atoms with Crippen molar-refractivity contribution in [1.82, 2.24) is 14.7 Å². The van der Waals surface area contributed by atoms with Gasteiger partial charge in [0.1, 0.15) is 5.75 Å². The van der Waals surface area contributed by atoms with Crippen LogP contribution in [0.2, 0.25) is 0 Å². The van der Waals surface area contributed by atoms with Crippen LogP contribution in [0.3, 0.4) is 0 Å². The highest BCUT2D eigenvalue weighted by Gasteiger charge is 2.32. The summed E-state index contributed by atoms with van der Waals surface area (Å²) in [5.41, 5.74) is 2.57. The van der Waals surface area contributed by atoms with E-state index in [4.69, 9.17) is 4.74 Å². The zero-order valence-corrected chi connectivity index (χ0v) is 16.0. The van der Waals surface area contributed by atoms with Crippen LogP contribution in [0.25, 0.3) is 0 Å². The van der Waals surface area contributed by atoms with Crippen LogP contribution in [0, 0.1) is 5.92 Å². The number of hydrogen-bond acceptors (Lipinski definition) is 3. The van der Waals surface area contributed by atoms with Crippen molar-refractivity contribution in [2.45, 2.75) is 25.7 Å². The summed E-state index contributed by atoms with van der Waals surface area (Å²) in [6, 6.07) is 6.18. The predicted molar refractivity (Wildman–Crippen MR) is 100 cm³/mol. The van der Waals surface area contributed by atoms with E-state index in [1.54, 1.807) is 26.1 Å². The highest BCUT2D eigenvalue weighted by atomic mass is 16.5. The Labute approximate surface area is 155 Å². The van der Waals surface area contributed by atoms with Crippen molar-refractivity contribution in [2.75, 3.05) is 47.4 Å². The number of likely N-dealkylation sites (tertiary alicyclic amines) is 1. The maximum absolute atomic E-state index is 13.1. The largest absolute Gasteiger partial charge is 0.497 e. The van der Waals surface area contributed by atoms with E-state index in [0.29, 0.717) is 6.54 Å². The number of ether oxygens (including phenoxy) is 1. The van der Waals surface area contributed by atoms with E-state index in [2.05, 4.69) is 12.1 Å². The van der Waals surface area contributed by atoms with Crippen molar-refractivity contribution in [3.63, 3.8) is 0 Å². The van der Waals surface area contributed by atoms with Gasteiger partial charge in [0.15, 0.2) is 0 Å². The quantitative estimate of drug-likeness (QED) is 0.812. The Morgan fingerprint density at radius 1 is 1.08 bits per heavy atom. The third kappa shape index (κ3) is 3.94. The topological polar surface area (TPSA) is 53.1 Å². The van der Waals surface area contributed by atoms with Crippen LogP contribution in [-0.4, -0.2) is 74.0 Å². The summed E-state index contributed by atoms with van der Waals surface area (Å²) >= 11 is 0. The first-order valence-electron chi connectivity index (χ1n) is 9.40. The monoisotopic (exact) mass is 359 g/mol. The minimum Gasteiger partial charge on any atom is -0.497 e. The summed E-state index contributed by atoms with van der Waals surface area (Å²) in [7, 11) is 5.19. The molecule has 0 N–H and O–H groups in total. The van der Waals surface area contributed by atoms with E-state index in [0.717, 1.165) is 51.1 Å². The SMILES string of the molecule is COc1ccc2c(c1)CCN(C(=O)C1CCCN(C(=O)N(C)C)C1)CC2. The molecule has 1 atom stereocenters. The lowest BCUT2D eigenvalue weighted by molar-refractivity contribution is -0.136. The second kappa shape index (κ2) is 7.98. The molecule has 2 aliphatic rings. The Hall–Kier alpha value is -2.24. The van der Waals surface area contributed by atoms with E-state index in [1.165, 1.54) is 11.1 Å². The van der Waals surface area contributed by atoms with Crippen molar-refractivity contribution >= 4 is 11.9 Å². The number of piperidine rings is 1. The van der Waals surface area contributed by atoms with Gasteiger partial charge >= 0.3 is 6.03 Å². The van der Waals surface area contributed by atoms with Crippen LogP contribution in [-0.2, 0) is 17.6 Å². The summed E-state index contributed by atoms with van der Waals surface area (Å²) < 4.78 is 5.32. The number of methoxy groups -OCH3 is 1. The lowest BCUT2D eigenvalue weighted by Gasteiger charge is -2.35. The number of rotatable bonds is 2. The zero-order chi connectivity index (χ0) is 18.7. The number of carbonyl (C=O) groups is 2. The standard InChI is InChI=1S/C20H29N3O3/c1-21(2)20(25)23-10-4-5-17(14-23)19(24)22-11-8-15-6-7-18(26-3)13-16(15)9-12-22/h6-7,13,17H,4-5,8-12,14H2,1-3H3. The molecule has 142 valence electrons. The maximum Gasteiger partial charge on any atom is 0.319 e. The minimum atomic E-state index is -0.0802. The molecule has 3 rings (SSSR count). The Morgan fingerprint density at radius 2 is 1.81 bits per heavy atom. The van der Waals surface area contributed by atoms with Crippen molar-refractivity contribution < 1.29 is 14.3 Å². The summed E-state index contributed by atoms with van der Waals surface area (Å²) in [5.74, 6) is 0.984. The fourth-order valence-electron chi connectivity index (χ4n) is 3.94. The number of amides is 3. The first kappa shape index (κ1) is 18.5. The predicted octanol–water partition coefficient (Wildman–Crippen LogP) is 2.02. The van der Waals surface area contributed by atoms with Crippen LogP contribution in [0.4, 0.5) is 4.79 Å². The smallest absolute Gasteiger partial charge is 0.319 e. The molecule has 2 aliphatic heterocycles. The van der Waals surface area contributed by atoms with Crippen LogP contribution in [0.15, 0.2) is 18.2 Å². The molecule has 0 saturated carbocycles. The molecular weight excluding hydrogens is 330 g/mol. The molecule has 0 bridgehead atoms. The molecule has 0 spiro atoms. The Balaban J connectivity index is 1.64. The number of nitrogens with zero attached hydrogens (tertiary/aromatic N) is 3. The molecule has 1 unspecified atom stereocenters. The van der Waals surface area contributed by atoms with E-state index in [9.17, 15) is 9.59 Å². The van der Waals surface area contributed by atoms with Crippen LogP contribution in [0.1, 0.15) is 24.0 Å². The van der Waals surface area contributed by atoms with Gasteiger partial charge in [-0.1, -0.05) is 6.07 Å². The van der Waals surface area contributed by atoms with E-state index in [1.807, 2.05) is 15.9 Å². The average Bonchev–Trinajstić information content (AvgIpc) is 2.88. The van der Waals surface area contributed by atoms with Gasteiger partial charge in [-0.05, 0) is 48.9 Å². The summed E-state index contributed by atoms with van der Waals surface area (Å²) in [6.45, 7) is 2.76. The molecular formula is C20H29N3O3. The fraction of sp³-hybridized carbons (Fsp3) is 0.600. The first-order chi connectivity index (χ1) is 12.5. The Bertz CT molecular complexity index is 674. The van der Waals surface area contributed by atoms with Gasteiger partial charge in [-0.3, -0.25) is 4.79 Å². The highest BCUT2D eigenvalue weighted by molar-refractivity contribution is 5.81. The van der Waals surface area contributed by atoms with Gasteiger partial charge in [-0.15, -0.1) is 0 Å². The van der Waals surface area contributed by atoms with Gasteiger partial charge in [-0.2, -0.15) is 0 Å². The number of urea groups is 1. The van der Waals surface area contributed by atoms with Crippen molar-refractivity contribution in [1.29, 1.82) is 0 Å². The van der Waals surface area contributed by atoms with Gasteiger partial charge in [0.2, 0.25) is 5.91 Å². The van der Waals surface area contributed by atoms with E-state index in [-0.39, 0.29) is 17.9 Å². The highest BCUT2D eigenvalue weighted by Crippen LogP contribution is 2.24. The number of carbonyl (C=O) groups excluding carboxylic acids is 2. The second-order valence-corrected chi connectivity index (χ2v) is 7.42. The van der Waals surface area contributed by atoms with Gasteiger partial charge in [0.25, 0.3) is 0 Å². The molecule has 0 aromatic heterocycles. The molecule has 1 aromatic carbocycles. The Kier molecular flexibility index (Phi) is 5.69. The van der Waals surface area contributed by atoms with Crippen LogP contribution < -0.4 is 4.74 Å². The molecule has 6 nitrogen and oxygen atoms in total. The fourth-order valence-corrected chi connectivity index (χ4v) is 3.94. The third-order valence-corrected chi connectivity index (χ3v) is 5.45. The van der Waals surface area contributed by atoms with Crippen LogP contribution >= 0.6 is 0 Å². The molecule has 0 aliphatic carbocycles. The van der Waals surface area contributed by atoms with E-state index < -0.39 is 0 Å². The van der Waals surface area contributed by atoms with Crippen molar-refractivity contribution in [2.24, 2.45) is 5.92 Å². The molecule has 1 saturated heterocycles. The normalized spacial score (nSPS) is 20.2. The summed E-state index contributed by atoms with van der Waals surface area (Å²) in [6.07, 6.45) is 3.48. The summed E-state index contributed by atoms with van der Waals surface area (Å²) in [4.78, 5) is 30.7. The molecule has 26 heavy (non-hydrogen) atoms. The number of hydrogen-bond donors (Lipinski definition) is 0. The first-order valence-corrected chi connectivity index (χ1v) is 9.40. The summed E-state index contributed by atoms with van der Waals surface area (Å²) in [5, 5.41) is 0. The average molecular weight is 359 g/mol. The molecule has 1 aromatic rings. The second-order valence-electron chi connectivity index (χ2n) is 7.42. The molecule has 1 fully saturated rings. The van der Waals surface area contributed by atoms with Gasteiger partial charge < -0.3 is 19.4 Å². The minimum absolute atomic E-state index is 0.00198. The van der Waals surface area contributed by atoms with Crippen molar-refractivity contribution in [3.8, 4) is 5.75 Å². The molecule has 0 radical (unpaired) electrons. The molecule has 2 heterocycles. The lowest BCUT2D eigenvalue weighted by Crippen LogP contribution is -2.49. The van der Waals surface area contributed by atoms with Gasteiger partial charge in [-0.25, -0.2) is 4.79 Å². The van der Waals surface area contributed by atoms with Gasteiger partial charge in [0, 0.05) is 40.3 Å². The Morgan fingerprint density at radius 3 is 2.50 bits per heavy atom. The number of fused-ring (bicyclic) bond motifs is 1. The van der Waals surface area contributed by atoms with Gasteiger partial charge in [0.05, 0.1) is 13.0 Å². The van der Waals surface area contributed by atoms with Crippen molar-refractivity contribution in [3.05, 3.63) is 29.3 Å². The van der Waals surface area contributed by atoms with E-state index >= 15 is 0 Å². The zero-order valence-electron chi connectivity index (χ0n) is 16.0. The molecule has 6 heteroatoms. The number of benzene rings is 1.